The fourth-order valence-corrected chi connectivity index (χ4v) is 1.79. The summed E-state index contributed by atoms with van der Waals surface area (Å²) in [6.45, 7) is 0.310. The van der Waals surface area contributed by atoms with Crippen molar-refractivity contribution >= 4 is 5.69 Å². The molecule has 0 saturated carbocycles. The molecule has 1 N–H and O–H groups in total. The van der Waals surface area contributed by atoms with Crippen LogP contribution in [0.25, 0.3) is 0 Å². The first-order chi connectivity index (χ1) is 10.0. The lowest BCUT2D eigenvalue weighted by molar-refractivity contribution is -0.384. The number of benzene rings is 2. The Morgan fingerprint density at radius 2 is 1.90 bits per heavy atom. The van der Waals surface area contributed by atoms with Crippen LogP contribution in [0.4, 0.5) is 14.5 Å². The standard InChI is InChI=1S/C14H12F2N2O3/c1-17-8-9-5-12(15)14(13(16)6-9)21-11-4-2-3-10(7-11)18(19)20/h2-7,17H,8H2,1H3. The number of halogens is 2. The number of hydrogen-bond acceptors (Lipinski definition) is 4. The highest BCUT2D eigenvalue weighted by Crippen LogP contribution is 2.30. The molecular formula is C14H12F2N2O3. The van der Waals surface area contributed by atoms with Gasteiger partial charge < -0.3 is 10.1 Å². The first kappa shape index (κ1) is 14.9. The van der Waals surface area contributed by atoms with Crippen LogP contribution in [0.3, 0.4) is 0 Å². The molecule has 0 bridgehead atoms. The Bertz CT molecular complexity index is 654. The molecule has 0 amide bonds. The van der Waals surface area contributed by atoms with E-state index in [9.17, 15) is 18.9 Å². The summed E-state index contributed by atoms with van der Waals surface area (Å²) in [5, 5.41) is 13.4. The predicted octanol–water partition coefficient (Wildman–Crippen LogP) is 3.38. The molecule has 0 unspecified atom stereocenters. The summed E-state index contributed by atoms with van der Waals surface area (Å²) in [5.74, 6) is -2.34. The van der Waals surface area contributed by atoms with Crippen LogP contribution in [0.1, 0.15) is 5.56 Å². The average Bonchev–Trinajstić information content (AvgIpc) is 2.43. The van der Waals surface area contributed by atoms with Crippen LogP contribution in [-0.2, 0) is 6.54 Å². The summed E-state index contributed by atoms with van der Waals surface area (Å²) in [6.07, 6.45) is 0. The van der Waals surface area contributed by atoms with Gasteiger partial charge >= 0.3 is 0 Å². The van der Waals surface area contributed by atoms with Crippen molar-refractivity contribution in [2.45, 2.75) is 6.54 Å². The Morgan fingerprint density at radius 3 is 2.48 bits per heavy atom. The lowest BCUT2D eigenvalue weighted by Crippen LogP contribution is -2.06. The van der Waals surface area contributed by atoms with Gasteiger partial charge in [-0.05, 0) is 30.8 Å². The van der Waals surface area contributed by atoms with Gasteiger partial charge in [-0.2, -0.15) is 0 Å². The van der Waals surface area contributed by atoms with Gasteiger partial charge in [-0.25, -0.2) is 8.78 Å². The number of nitrogens with zero attached hydrogens (tertiary/aromatic N) is 1. The minimum absolute atomic E-state index is 0.0108. The molecule has 0 aliphatic carbocycles. The van der Waals surface area contributed by atoms with E-state index in [1.165, 1.54) is 18.2 Å². The monoisotopic (exact) mass is 294 g/mol. The van der Waals surface area contributed by atoms with Crippen LogP contribution >= 0.6 is 0 Å². The Balaban J connectivity index is 2.31. The molecule has 2 rings (SSSR count). The van der Waals surface area contributed by atoms with E-state index < -0.39 is 22.3 Å². The third-order valence-corrected chi connectivity index (χ3v) is 2.69. The van der Waals surface area contributed by atoms with Gasteiger partial charge in [0.05, 0.1) is 11.0 Å². The summed E-state index contributed by atoms with van der Waals surface area (Å²) in [7, 11) is 1.66. The zero-order valence-electron chi connectivity index (χ0n) is 11.1. The molecule has 0 spiro atoms. The van der Waals surface area contributed by atoms with Crippen LogP contribution in [-0.4, -0.2) is 12.0 Å². The predicted molar refractivity (Wildman–Crippen MR) is 72.3 cm³/mol. The number of ether oxygens (including phenoxy) is 1. The number of nitrogens with one attached hydrogen (secondary N) is 1. The van der Waals surface area contributed by atoms with Crippen molar-refractivity contribution in [1.29, 1.82) is 0 Å². The fraction of sp³-hybridized carbons (Fsp3) is 0.143. The Morgan fingerprint density at radius 1 is 1.24 bits per heavy atom. The summed E-state index contributed by atoms with van der Waals surface area (Å²) in [5.41, 5.74) is 0.207. The van der Waals surface area contributed by atoms with E-state index in [2.05, 4.69) is 5.32 Å². The Hall–Kier alpha value is -2.54. The van der Waals surface area contributed by atoms with Crippen LogP contribution in [0.5, 0.6) is 11.5 Å². The molecule has 0 radical (unpaired) electrons. The lowest BCUT2D eigenvalue weighted by atomic mass is 10.2. The third kappa shape index (κ3) is 3.51. The zero-order chi connectivity index (χ0) is 15.4. The normalized spacial score (nSPS) is 10.4. The number of hydrogen-bond donors (Lipinski definition) is 1. The molecule has 0 atom stereocenters. The number of nitro groups is 1. The Kier molecular flexibility index (Phi) is 4.44. The minimum atomic E-state index is -0.869. The van der Waals surface area contributed by atoms with Gasteiger partial charge in [0.1, 0.15) is 5.75 Å². The largest absolute Gasteiger partial charge is 0.451 e. The van der Waals surface area contributed by atoms with Crippen LogP contribution in [0.2, 0.25) is 0 Å². The van der Waals surface area contributed by atoms with Gasteiger partial charge in [0.2, 0.25) is 0 Å². The molecular weight excluding hydrogens is 282 g/mol. The summed E-state index contributed by atoms with van der Waals surface area (Å²) in [4.78, 5) is 10.0. The SMILES string of the molecule is CNCc1cc(F)c(Oc2cccc([N+](=O)[O-])c2)c(F)c1. The summed E-state index contributed by atoms with van der Waals surface area (Å²) < 4.78 is 32.8. The van der Waals surface area contributed by atoms with Crippen LogP contribution < -0.4 is 10.1 Å². The fourth-order valence-electron chi connectivity index (χ4n) is 1.79. The van der Waals surface area contributed by atoms with Gasteiger partial charge in [0, 0.05) is 12.6 Å². The molecule has 0 aliphatic rings. The van der Waals surface area contributed by atoms with Crippen molar-refractivity contribution in [3.63, 3.8) is 0 Å². The van der Waals surface area contributed by atoms with Crippen LogP contribution in [0, 0.1) is 21.7 Å². The van der Waals surface area contributed by atoms with E-state index in [-0.39, 0.29) is 11.4 Å². The summed E-state index contributed by atoms with van der Waals surface area (Å²) >= 11 is 0. The van der Waals surface area contributed by atoms with E-state index in [1.54, 1.807) is 7.05 Å². The van der Waals surface area contributed by atoms with Gasteiger partial charge in [-0.1, -0.05) is 6.07 Å². The molecule has 0 aromatic heterocycles. The van der Waals surface area contributed by atoms with Crippen molar-refractivity contribution in [2.75, 3.05) is 7.05 Å². The second-order valence-corrected chi connectivity index (χ2v) is 4.28. The van der Waals surface area contributed by atoms with Gasteiger partial charge in [0.25, 0.3) is 5.69 Å². The maximum Gasteiger partial charge on any atom is 0.273 e. The second kappa shape index (κ2) is 6.27. The quantitative estimate of drug-likeness (QED) is 0.678. The third-order valence-electron chi connectivity index (χ3n) is 2.69. The lowest BCUT2D eigenvalue weighted by Gasteiger charge is -2.09. The van der Waals surface area contributed by atoms with Crippen molar-refractivity contribution in [2.24, 2.45) is 0 Å². The Labute approximate surface area is 119 Å². The molecule has 0 fully saturated rings. The number of rotatable bonds is 5. The highest BCUT2D eigenvalue weighted by molar-refractivity contribution is 5.41. The van der Waals surface area contributed by atoms with Gasteiger partial charge in [0.15, 0.2) is 17.4 Å². The second-order valence-electron chi connectivity index (χ2n) is 4.28. The van der Waals surface area contributed by atoms with Crippen LogP contribution in [0.15, 0.2) is 36.4 Å². The molecule has 0 aliphatic heterocycles. The molecule has 110 valence electrons. The van der Waals surface area contributed by atoms with E-state index >= 15 is 0 Å². The van der Waals surface area contributed by atoms with Gasteiger partial charge in [-0.15, -0.1) is 0 Å². The summed E-state index contributed by atoms with van der Waals surface area (Å²) in [6, 6.07) is 7.40. The maximum atomic E-state index is 13.9. The molecule has 7 heteroatoms. The highest BCUT2D eigenvalue weighted by Gasteiger charge is 2.15. The molecule has 2 aromatic carbocycles. The van der Waals surface area contributed by atoms with Gasteiger partial charge in [-0.3, -0.25) is 10.1 Å². The van der Waals surface area contributed by atoms with Crippen molar-refractivity contribution < 1.29 is 18.4 Å². The van der Waals surface area contributed by atoms with E-state index in [4.69, 9.17) is 4.74 Å². The zero-order valence-corrected chi connectivity index (χ0v) is 11.1. The first-order valence-electron chi connectivity index (χ1n) is 6.06. The van der Waals surface area contributed by atoms with Crippen molar-refractivity contribution in [3.8, 4) is 11.5 Å². The topological polar surface area (TPSA) is 64.4 Å². The maximum absolute atomic E-state index is 13.9. The smallest absolute Gasteiger partial charge is 0.273 e. The van der Waals surface area contributed by atoms with Crippen molar-refractivity contribution in [1.82, 2.24) is 5.32 Å². The first-order valence-corrected chi connectivity index (χ1v) is 6.06. The molecule has 0 heterocycles. The highest BCUT2D eigenvalue weighted by atomic mass is 19.1. The molecule has 2 aromatic rings. The van der Waals surface area contributed by atoms with Crippen molar-refractivity contribution in [3.05, 3.63) is 63.7 Å². The minimum Gasteiger partial charge on any atom is -0.451 e. The number of non-ortho nitro benzene ring substituents is 1. The van der Waals surface area contributed by atoms with E-state index in [0.717, 1.165) is 18.2 Å². The molecule has 21 heavy (non-hydrogen) atoms. The van der Waals surface area contributed by atoms with E-state index in [0.29, 0.717) is 12.1 Å². The average molecular weight is 294 g/mol. The molecule has 0 saturated heterocycles. The number of nitro benzene ring substituents is 1. The molecule has 5 nitrogen and oxygen atoms in total. The van der Waals surface area contributed by atoms with E-state index in [1.807, 2.05) is 0 Å².